The fraction of sp³-hybridized carbons (Fsp3) is 0.857. The molecule has 0 aromatic heterocycles. The number of rotatable bonds is 2. The molecule has 1 saturated carbocycles. The SMILES string of the molecule is CC1CN(C(=O)[C@@H]2CCCC[C@@H]2C(=O)O)CC1C. The minimum Gasteiger partial charge on any atom is -0.481 e. The highest BCUT2D eigenvalue weighted by Crippen LogP contribution is 2.33. The Morgan fingerprint density at radius 3 is 2.00 bits per heavy atom. The molecule has 1 amide bonds. The molecule has 2 fully saturated rings. The number of nitrogens with zero attached hydrogens (tertiary/aromatic N) is 1. The quantitative estimate of drug-likeness (QED) is 0.818. The lowest BCUT2D eigenvalue weighted by Crippen LogP contribution is -2.41. The molecule has 1 heterocycles. The normalized spacial score (nSPS) is 36.7. The van der Waals surface area contributed by atoms with Crippen molar-refractivity contribution >= 4 is 11.9 Å². The Morgan fingerprint density at radius 1 is 1.00 bits per heavy atom. The molecule has 4 atom stereocenters. The minimum absolute atomic E-state index is 0.0818. The first kappa shape index (κ1) is 13.4. The fourth-order valence-corrected chi connectivity index (χ4v) is 3.27. The first-order chi connectivity index (χ1) is 8.50. The molecule has 1 N–H and O–H groups in total. The Labute approximate surface area is 108 Å². The number of carbonyl (C=O) groups excluding carboxylic acids is 1. The number of carboxylic acids is 1. The van der Waals surface area contributed by atoms with Gasteiger partial charge in [0, 0.05) is 13.1 Å². The van der Waals surface area contributed by atoms with Gasteiger partial charge in [0.05, 0.1) is 11.8 Å². The van der Waals surface area contributed by atoms with Crippen LogP contribution in [0.5, 0.6) is 0 Å². The third-order valence-electron chi connectivity index (χ3n) is 4.70. The first-order valence-electron chi connectivity index (χ1n) is 7.02. The van der Waals surface area contributed by atoms with Gasteiger partial charge in [0.2, 0.25) is 5.91 Å². The zero-order valence-corrected chi connectivity index (χ0v) is 11.3. The molecule has 2 aliphatic rings. The molecule has 4 nitrogen and oxygen atoms in total. The molecule has 0 radical (unpaired) electrons. The van der Waals surface area contributed by atoms with Crippen molar-refractivity contribution in [2.45, 2.75) is 39.5 Å². The molecule has 18 heavy (non-hydrogen) atoms. The van der Waals surface area contributed by atoms with E-state index in [1.165, 1.54) is 0 Å². The maximum Gasteiger partial charge on any atom is 0.307 e. The van der Waals surface area contributed by atoms with E-state index < -0.39 is 11.9 Å². The van der Waals surface area contributed by atoms with E-state index in [-0.39, 0.29) is 11.8 Å². The molecule has 2 rings (SSSR count). The van der Waals surface area contributed by atoms with Gasteiger partial charge in [0.25, 0.3) is 0 Å². The van der Waals surface area contributed by atoms with Gasteiger partial charge in [0.1, 0.15) is 0 Å². The molecule has 0 aromatic rings. The number of carboxylic acid groups (broad SMARTS) is 1. The van der Waals surface area contributed by atoms with Gasteiger partial charge < -0.3 is 10.0 Å². The Bertz CT molecular complexity index is 332. The third kappa shape index (κ3) is 2.52. The number of likely N-dealkylation sites (tertiary alicyclic amines) is 1. The fourth-order valence-electron chi connectivity index (χ4n) is 3.27. The van der Waals surface area contributed by atoms with Gasteiger partial charge in [-0.05, 0) is 24.7 Å². The Hall–Kier alpha value is -1.06. The van der Waals surface area contributed by atoms with Crippen molar-refractivity contribution in [1.82, 2.24) is 4.90 Å². The maximum atomic E-state index is 12.5. The van der Waals surface area contributed by atoms with E-state index in [0.717, 1.165) is 32.4 Å². The Morgan fingerprint density at radius 2 is 1.50 bits per heavy atom. The average Bonchev–Trinajstić information content (AvgIpc) is 2.68. The van der Waals surface area contributed by atoms with Crippen LogP contribution in [0.25, 0.3) is 0 Å². The van der Waals surface area contributed by atoms with Crippen LogP contribution >= 0.6 is 0 Å². The lowest BCUT2D eigenvalue weighted by atomic mass is 9.78. The van der Waals surface area contributed by atoms with E-state index in [4.69, 9.17) is 0 Å². The highest BCUT2D eigenvalue weighted by atomic mass is 16.4. The van der Waals surface area contributed by atoms with E-state index in [1.54, 1.807) is 0 Å². The van der Waals surface area contributed by atoms with Crippen LogP contribution in [0.2, 0.25) is 0 Å². The van der Waals surface area contributed by atoms with Gasteiger partial charge in [-0.3, -0.25) is 9.59 Å². The molecule has 102 valence electrons. The molecule has 0 aromatic carbocycles. The molecule has 1 saturated heterocycles. The second-order valence-corrected chi connectivity index (χ2v) is 6.03. The topological polar surface area (TPSA) is 57.6 Å². The van der Waals surface area contributed by atoms with Crippen LogP contribution in [-0.2, 0) is 9.59 Å². The third-order valence-corrected chi connectivity index (χ3v) is 4.70. The zero-order chi connectivity index (χ0) is 13.3. The zero-order valence-electron chi connectivity index (χ0n) is 11.3. The van der Waals surface area contributed by atoms with Crippen molar-refractivity contribution in [2.75, 3.05) is 13.1 Å². The predicted octanol–water partition coefficient (Wildman–Crippen LogP) is 1.99. The minimum atomic E-state index is -0.798. The summed E-state index contributed by atoms with van der Waals surface area (Å²) >= 11 is 0. The van der Waals surface area contributed by atoms with Crippen LogP contribution in [0.1, 0.15) is 39.5 Å². The molecular formula is C14H23NO3. The van der Waals surface area contributed by atoms with Crippen LogP contribution in [0.4, 0.5) is 0 Å². The summed E-state index contributed by atoms with van der Waals surface area (Å²) < 4.78 is 0. The van der Waals surface area contributed by atoms with Crippen LogP contribution in [0.15, 0.2) is 0 Å². The predicted molar refractivity (Wildman–Crippen MR) is 68.0 cm³/mol. The summed E-state index contributed by atoms with van der Waals surface area (Å²) in [6.45, 7) is 5.91. The summed E-state index contributed by atoms with van der Waals surface area (Å²) in [5.41, 5.74) is 0. The van der Waals surface area contributed by atoms with Crippen molar-refractivity contribution in [3.8, 4) is 0 Å². The molecule has 2 unspecified atom stereocenters. The van der Waals surface area contributed by atoms with Gasteiger partial charge in [0.15, 0.2) is 0 Å². The Balaban J connectivity index is 2.05. The second-order valence-electron chi connectivity index (χ2n) is 6.03. The van der Waals surface area contributed by atoms with Crippen LogP contribution in [0.3, 0.4) is 0 Å². The number of amides is 1. The van der Waals surface area contributed by atoms with Crippen LogP contribution in [-0.4, -0.2) is 35.0 Å². The molecule has 4 heteroatoms. The summed E-state index contributed by atoms with van der Waals surface area (Å²) in [6.07, 6.45) is 3.33. The number of aliphatic carboxylic acids is 1. The molecule has 1 aliphatic carbocycles. The largest absolute Gasteiger partial charge is 0.481 e. The van der Waals surface area contributed by atoms with Crippen molar-refractivity contribution in [1.29, 1.82) is 0 Å². The van der Waals surface area contributed by atoms with Crippen molar-refractivity contribution in [3.05, 3.63) is 0 Å². The van der Waals surface area contributed by atoms with Crippen molar-refractivity contribution in [2.24, 2.45) is 23.7 Å². The lowest BCUT2D eigenvalue weighted by molar-refractivity contribution is -0.152. The second kappa shape index (κ2) is 5.29. The summed E-state index contributed by atoms with van der Waals surface area (Å²) in [5.74, 6) is -0.403. The first-order valence-corrected chi connectivity index (χ1v) is 7.02. The van der Waals surface area contributed by atoms with Crippen LogP contribution < -0.4 is 0 Å². The highest BCUT2D eigenvalue weighted by Gasteiger charge is 2.40. The smallest absolute Gasteiger partial charge is 0.307 e. The van der Waals surface area contributed by atoms with Gasteiger partial charge in [-0.2, -0.15) is 0 Å². The Kier molecular flexibility index (Phi) is 3.93. The number of hydrogen-bond acceptors (Lipinski definition) is 2. The molecule has 0 bridgehead atoms. The van der Waals surface area contributed by atoms with Crippen molar-refractivity contribution in [3.63, 3.8) is 0 Å². The molecule has 1 aliphatic heterocycles. The van der Waals surface area contributed by atoms with E-state index in [9.17, 15) is 14.7 Å². The van der Waals surface area contributed by atoms with Crippen LogP contribution in [0, 0.1) is 23.7 Å². The van der Waals surface area contributed by atoms with Crippen molar-refractivity contribution < 1.29 is 14.7 Å². The monoisotopic (exact) mass is 253 g/mol. The van der Waals surface area contributed by atoms with E-state index in [1.807, 2.05) is 4.90 Å². The summed E-state index contributed by atoms with van der Waals surface area (Å²) in [7, 11) is 0. The average molecular weight is 253 g/mol. The lowest BCUT2D eigenvalue weighted by Gasteiger charge is -2.31. The van der Waals surface area contributed by atoms with E-state index in [2.05, 4.69) is 13.8 Å². The van der Waals surface area contributed by atoms with E-state index in [0.29, 0.717) is 18.3 Å². The highest BCUT2D eigenvalue weighted by molar-refractivity contribution is 5.85. The number of carbonyl (C=O) groups is 2. The number of hydrogen-bond donors (Lipinski definition) is 1. The maximum absolute atomic E-state index is 12.5. The van der Waals surface area contributed by atoms with Gasteiger partial charge >= 0.3 is 5.97 Å². The summed E-state index contributed by atoms with van der Waals surface area (Å²) in [5, 5.41) is 9.23. The van der Waals surface area contributed by atoms with Gasteiger partial charge in [-0.1, -0.05) is 26.7 Å². The molecular weight excluding hydrogens is 230 g/mol. The van der Waals surface area contributed by atoms with Gasteiger partial charge in [-0.15, -0.1) is 0 Å². The van der Waals surface area contributed by atoms with E-state index >= 15 is 0 Å². The standard InChI is InChI=1S/C14H23NO3/c1-9-7-15(8-10(9)2)13(16)11-5-3-4-6-12(11)14(17)18/h9-12H,3-8H2,1-2H3,(H,17,18)/t9?,10?,11-,12+/m1/s1. The summed E-state index contributed by atoms with van der Waals surface area (Å²) in [6, 6.07) is 0. The molecule has 0 spiro atoms. The van der Waals surface area contributed by atoms with Gasteiger partial charge in [-0.25, -0.2) is 0 Å². The summed E-state index contributed by atoms with van der Waals surface area (Å²) in [4.78, 5) is 25.6.